The van der Waals surface area contributed by atoms with E-state index in [9.17, 15) is 9.59 Å². The molecule has 24 heavy (non-hydrogen) atoms. The third-order valence-electron chi connectivity index (χ3n) is 3.84. The number of allylic oxidation sites excluding steroid dienone is 1. The summed E-state index contributed by atoms with van der Waals surface area (Å²) in [6.07, 6.45) is 3.35. The van der Waals surface area contributed by atoms with Crippen LogP contribution in [0.3, 0.4) is 0 Å². The van der Waals surface area contributed by atoms with Crippen molar-refractivity contribution in [1.82, 2.24) is 0 Å². The van der Waals surface area contributed by atoms with Gasteiger partial charge >= 0.3 is 5.63 Å². The predicted octanol–water partition coefficient (Wildman–Crippen LogP) is 3.38. The molecule has 1 aliphatic rings. The standard InChI is InChI=1S/C19H18O5/c1-12(15-11-17(20)19(2,3)24-15)8-9-22-14-6-4-13-5-7-18(21)23-16(13)10-14/h4-8,10-11H,9H2,1-3H3/b12-8+. The fourth-order valence-corrected chi connectivity index (χ4v) is 2.34. The van der Waals surface area contributed by atoms with Crippen LogP contribution in [0.25, 0.3) is 11.0 Å². The molecule has 1 aromatic heterocycles. The third kappa shape index (κ3) is 3.25. The molecule has 0 amide bonds. The maximum absolute atomic E-state index is 11.8. The molecule has 3 rings (SSSR count). The number of carbonyl (C=O) groups excluding carboxylic acids is 1. The van der Waals surface area contributed by atoms with Gasteiger partial charge in [0.25, 0.3) is 0 Å². The summed E-state index contributed by atoms with van der Waals surface area (Å²) in [4.78, 5) is 23.0. The van der Waals surface area contributed by atoms with Crippen molar-refractivity contribution in [2.75, 3.05) is 6.61 Å². The van der Waals surface area contributed by atoms with E-state index in [1.165, 1.54) is 12.1 Å². The van der Waals surface area contributed by atoms with Crippen LogP contribution < -0.4 is 10.4 Å². The number of carbonyl (C=O) groups is 1. The van der Waals surface area contributed by atoms with Gasteiger partial charge in [-0.15, -0.1) is 0 Å². The summed E-state index contributed by atoms with van der Waals surface area (Å²) in [5, 5.41) is 0.832. The fraction of sp³-hybridized carbons (Fsp3) is 0.263. The van der Waals surface area contributed by atoms with E-state index in [2.05, 4.69) is 0 Å². The Morgan fingerprint density at radius 1 is 1.21 bits per heavy atom. The summed E-state index contributed by atoms with van der Waals surface area (Å²) in [7, 11) is 0. The molecule has 2 aromatic rings. The van der Waals surface area contributed by atoms with Gasteiger partial charge in [-0.25, -0.2) is 4.79 Å². The van der Waals surface area contributed by atoms with Crippen LogP contribution in [-0.2, 0) is 9.53 Å². The molecule has 0 unspecified atom stereocenters. The lowest BCUT2D eigenvalue weighted by Gasteiger charge is -2.18. The van der Waals surface area contributed by atoms with Gasteiger partial charge in [0, 0.05) is 23.6 Å². The first kappa shape index (κ1) is 16.1. The second kappa shape index (κ2) is 6.00. The van der Waals surface area contributed by atoms with Crippen molar-refractivity contribution >= 4 is 16.8 Å². The average molecular weight is 326 g/mol. The van der Waals surface area contributed by atoms with Gasteiger partial charge in [-0.3, -0.25) is 4.79 Å². The monoisotopic (exact) mass is 326 g/mol. The second-order valence-corrected chi connectivity index (χ2v) is 6.14. The Balaban J connectivity index is 1.69. The van der Waals surface area contributed by atoms with E-state index in [0.29, 0.717) is 23.7 Å². The van der Waals surface area contributed by atoms with Gasteiger partial charge in [-0.1, -0.05) is 0 Å². The van der Waals surface area contributed by atoms with Gasteiger partial charge < -0.3 is 13.9 Å². The van der Waals surface area contributed by atoms with Crippen LogP contribution in [0.1, 0.15) is 20.8 Å². The molecular weight excluding hydrogens is 308 g/mol. The lowest BCUT2D eigenvalue weighted by molar-refractivity contribution is -0.126. The Kier molecular flexibility index (Phi) is 4.01. The molecule has 0 fully saturated rings. The summed E-state index contributed by atoms with van der Waals surface area (Å²) in [6.45, 7) is 5.66. The number of hydrogen-bond donors (Lipinski definition) is 0. The summed E-state index contributed by atoms with van der Waals surface area (Å²) < 4.78 is 16.4. The predicted molar refractivity (Wildman–Crippen MR) is 90.0 cm³/mol. The van der Waals surface area contributed by atoms with Gasteiger partial charge in [0.1, 0.15) is 23.7 Å². The van der Waals surface area contributed by atoms with Crippen molar-refractivity contribution in [1.29, 1.82) is 0 Å². The van der Waals surface area contributed by atoms with Crippen LogP contribution >= 0.6 is 0 Å². The largest absolute Gasteiger partial charge is 0.489 e. The molecule has 0 N–H and O–H groups in total. The summed E-state index contributed by atoms with van der Waals surface area (Å²) in [5.74, 6) is 1.12. The van der Waals surface area contributed by atoms with Crippen molar-refractivity contribution < 1.29 is 18.7 Å². The smallest absolute Gasteiger partial charge is 0.336 e. The molecule has 0 spiro atoms. The molecule has 0 bridgehead atoms. The minimum Gasteiger partial charge on any atom is -0.489 e. The Morgan fingerprint density at radius 2 is 1.96 bits per heavy atom. The highest BCUT2D eigenvalue weighted by molar-refractivity contribution is 5.99. The zero-order chi connectivity index (χ0) is 17.3. The molecule has 0 atom stereocenters. The molecule has 124 valence electrons. The summed E-state index contributed by atoms with van der Waals surface area (Å²) >= 11 is 0. The lowest BCUT2D eigenvalue weighted by atomic mass is 10.1. The molecule has 0 saturated carbocycles. The van der Waals surface area contributed by atoms with Gasteiger partial charge in [0.15, 0.2) is 5.60 Å². The van der Waals surface area contributed by atoms with Gasteiger partial charge in [-0.2, -0.15) is 0 Å². The number of hydrogen-bond acceptors (Lipinski definition) is 5. The molecule has 0 aliphatic carbocycles. The Bertz CT molecular complexity index is 915. The Hall–Kier alpha value is -2.82. The van der Waals surface area contributed by atoms with E-state index in [1.54, 1.807) is 26.0 Å². The van der Waals surface area contributed by atoms with E-state index in [4.69, 9.17) is 13.9 Å². The SMILES string of the molecule is C/C(=C\COc1ccc2ccc(=O)oc2c1)C1=CC(=O)C(C)(C)O1. The second-order valence-electron chi connectivity index (χ2n) is 6.14. The molecule has 1 aliphatic heterocycles. The molecule has 0 saturated heterocycles. The van der Waals surface area contributed by atoms with Crippen molar-refractivity contribution in [3.63, 3.8) is 0 Å². The zero-order valence-corrected chi connectivity index (χ0v) is 13.8. The van der Waals surface area contributed by atoms with Gasteiger partial charge in [-0.05, 0) is 50.6 Å². The van der Waals surface area contributed by atoms with E-state index < -0.39 is 11.2 Å². The first-order chi connectivity index (χ1) is 11.3. The lowest BCUT2D eigenvalue weighted by Crippen LogP contribution is -2.27. The molecule has 5 nitrogen and oxygen atoms in total. The van der Waals surface area contributed by atoms with Crippen LogP contribution in [0.5, 0.6) is 5.75 Å². The van der Waals surface area contributed by atoms with Crippen LogP contribution in [0.15, 0.2) is 63.0 Å². The van der Waals surface area contributed by atoms with Crippen molar-refractivity contribution in [3.05, 3.63) is 64.2 Å². The fourth-order valence-electron chi connectivity index (χ4n) is 2.34. The molecule has 0 radical (unpaired) electrons. The summed E-state index contributed by atoms with van der Waals surface area (Å²) in [6, 6.07) is 8.40. The van der Waals surface area contributed by atoms with Gasteiger partial charge in [0.05, 0.1) is 0 Å². The number of ether oxygens (including phenoxy) is 2. The summed E-state index contributed by atoms with van der Waals surface area (Å²) in [5.41, 5.74) is 0.116. The van der Waals surface area contributed by atoms with Gasteiger partial charge in [0.2, 0.25) is 5.78 Å². The molecule has 2 heterocycles. The first-order valence-corrected chi connectivity index (χ1v) is 7.64. The molecular formula is C19H18O5. The van der Waals surface area contributed by atoms with E-state index >= 15 is 0 Å². The maximum atomic E-state index is 11.8. The number of benzene rings is 1. The highest BCUT2D eigenvalue weighted by Crippen LogP contribution is 2.28. The maximum Gasteiger partial charge on any atom is 0.336 e. The topological polar surface area (TPSA) is 65.7 Å². The molecule has 1 aromatic carbocycles. The van der Waals surface area contributed by atoms with Crippen LogP contribution in [0.2, 0.25) is 0 Å². The van der Waals surface area contributed by atoms with Crippen LogP contribution in [0.4, 0.5) is 0 Å². The highest BCUT2D eigenvalue weighted by atomic mass is 16.5. The highest BCUT2D eigenvalue weighted by Gasteiger charge is 2.35. The van der Waals surface area contributed by atoms with Crippen molar-refractivity contribution in [2.45, 2.75) is 26.4 Å². The average Bonchev–Trinajstić information content (AvgIpc) is 2.80. The first-order valence-electron chi connectivity index (χ1n) is 7.64. The quantitative estimate of drug-likeness (QED) is 0.806. The van der Waals surface area contributed by atoms with E-state index in [0.717, 1.165) is 11.0 Å². The zero-order valence-electron chi connectivity index (χ0n) is 13.8. The van der Waals surface area contributed by atoms with E-state index in [-0.39, 0.29) is 5.78 Å². The minimum absolute atomic E-state index is 0.0456. The van der Waals surface area contributed by atoms with Crippen molar-refractivity contribution in [2.24, 2.45) is 0 Å². The normalized spacial score (nSPS) is 16.9. The number of fused-ring (bicyclic) bond motifs is 1. The third-order valence-corrected chi connectivity index (χ3v) is 3.84. The number of ketones is 1. The molecule has 5 heteroatoms. The van der Waals surface area contributed by atoms with Crippen LogP contribution in [0, 0.1) is 0 Å². The van der Waals surface area contributed by atoms with E-state index in [1.807, 2.05) is 25.1 Å². The number of rotatable bonds is 4. The Labute approximate surface area is 139 Å². The Morgan fingerprint density at radius 3 is 2.67 bits per heavy atom. The minimum atomic E-state index is -0.804. The van der Waals surface area contributed by atoms with Crippen LogP contribution in [-0.4, -0.2) is 18.0 Å². The van der Waals surface area contributed by atoms with Crippen molar-refractivity contribution in [3.8, 4) is 5.75 Å².